The molecule has 0 N–H and O–H groups in total. The number of esters is 1. The number of rotatable bonds is 9. The van der Waals surface area contributed by atoms with Crippen LogP contribution in [0.1, 0.15) is 53.6 Å². The SMILES string of the molecule is COC(=O)c1ccc(CCCCCCCc2ccccc2)cc1. The van der Waals surface area contributed by atoms with Crippen LogP contribution < -0.4 is 0 Å². The Bertz CT molecular complexity index is 573. The van der Waals surface area contributed by atoms with Crippen LogP contribution in [0.25, 0.3) is 0 Å². The van der Waals surface area contributed by atoms with E-state index in [9.17, 15) is 4.79 Å². The van der Waals surface area contributed by atoms with Crippen LogP contribution in [0.3, 0.4) is 0 Å². The van der Waals surface area contributed by atoms with Crippen LogP contribution >= 0.6 is 0 Å². The van der Waals surface area contributed by atoms with Gasteiger partial charge >= 0.3 is 5.97 Å². The van der Waals surface area contributed by atoms with Crippen molar-refractivity contribution in [3.8, 4) is 0 Å². The monoisotopic (exact) mass is 310 g/mol. The van der Waals surface area contributed by atoms with E-state index in [1.165, 1.54) is 56.8 Å². The number of methoxy groups -OCH3 is 1. The fourth-order valence-electron chi connectivity index (χ4n) is 2.76. The third kappa shape index (κ3) is 6.27. The number of carbonyl (C=O) groups excluding carboxylic acids is 1. The molecular weight excluding hydrogens is 284 g/mol. The van der Waals surface area contributed by atoms with E-state index in [0.29, 0.717) is 5.56 Å². The zero-order chi connectivity index (χ0) is 16.3. The summed E-state index contributed by atoms with van der Waals surface area (Å²) in [4.78, 5) is 11.4. The first-order chi connectivity index (χ1) is 11.3. The average molecular weight is 310 g/mol. The standard InChI is InChI=1S/C21H26O2/c1-23-21(22)20-16-14-19(15-17-20)13-7-4-2-3-6-10-18-11-8-5-9-12-18/h5,8-9,11-12,14-17H,2-4,6-7,10,13H2,1H3. The lowest BCUT2D eigenvalue weighted by molar-refractivity contribution is 0.0600. The first-order valence-corrected chi connectivity index (χ1v) is 8.51. The van der Waals surface area contributed by atoms with Gasteiger partial charge in [-0.05, 0) is 48.9 Å². The van der Waals surface area contributed by atoms with Crippen molar-refractivity contribution in [1.82, 2.24) is 0 Å². The van der Waals surface area contributed by atoms with E-state index in [4.69, 9.17) is 4.74 Å². The normalized spacial score (nSPS) is 10.5. The Kier molecular flexibility index (Phi) is 7.38. The van der Waals surface area contributed by atoms with Gasteiger partial charge in [-0.1, -0.05) is 61.7 Å². The first-order valence-electron chi connectivity index (χ1n) is 8.51. The van der Waals surface area contributed by atoms with Gasteiger partial charge in [0.2, 0.25) is 0 Å². The molecule has 0 unspecified atom stereocenters. The zero-order valence-electron chi connectivity index (χ0n) is 14.0. The highest BCUT2D eigenvalue weighted by molar-refractivity contribution is 5.89. The van der Waals surface area contributed by atoms with E-state index in [-0.39, 0.29) is 5.97 Å². The van der Waals surface area contributed by atoms with E-state index in [1.807, 2.05) is 24.3 Å². The number of benzene rings is 2. The van der Waals surface area contributed by atoms with Gasteiger partial charge in [0.25, 0.3) is 0 Å². The average Bonchev–Trinajstić information content (AvgIpc) is 2.61. The quantitative estimate of drug-likeness (QED) is 0.469. The Balaban J connectivity index is 1.56. The minimum atomic E-state index is -0.269. The van der Waals surface area contributed by atoms with Crippen molar-refractivity contribution in [3.63, 3.8) is 0 Å². The molecule has 23 heavy (non-hydrogen) atoms. The van der Waals surface area contributed by atoms with Crippen LogP contribution in [0, 0.1) is 0 Å². The van der Waals surface area contributed by atoms with Crippen LogP contribution in [0.4, 0.5) is 0 Å². The molecule has 122 valence electrons. The predicted molar refractivity (Wildman–Crippen MR) is 94.7 cm³/mol. The van der Waals surface area contributed by atoms with Crippen LogP contribution in [0.2, 0.25) is 0 Å². The Morgan fingerprint density at radius 2 is 1.26 bits per heavy atom. The highest BCUT2D eigenvalue weighted by atomic mass is 16.5. The molecule has 0 spiro atoms. The van der Waals surface area contributed by atoms with Crippen molar-refractivity contribution >= 4 is 5.97 Å². The molecular formula is C21H26O2. The van der Waals surface area contributed by atoms with Crippen LogP contribution in [-0.4, -0.2) is 13.1 Å². The van der Waals surface area contributed by atoms with E-state index < -0.39 is 0 Å². The maximum atomic E-state index is 11.4. The summed E-state index contributed by atoms with van der Waals surface area (Å²) in [6.45, 7) is 0. The Labute approximate surface area is 139 Å². The van der Waals surface area contributed by atoms with Gasteiger partial charge in [0.15, 0.2) is 0 Å². The number of carbonyl (C=O) groups is 1. The van der Waals surface area contributed by atoms with Gasteiger partial charge in [-0.3, -0.25) is 0 Å². The fourth-order valence-corrected chi connectivity index (χ4v) is 2.76. The second-order valence-electron chi connectivity index (χ2n) is 5.94. The number of hydrogen-bond donors (Lipinski definition) is 0. The molecule has 0 aliphatic heterocycles. The highest BCUT2D eigenvalue weighted by Crippen LogP contribution is 2.12. The number of hydrogen-bond acceptors (Lipinski definition) is 2. The Morgan fingerprint density at radius 1 is 0.739 bits per heavy atom. The van der Waals surface area contributed by atoms with Crippen molar-refractivity contribution in [2.24, 2.45) is 0 Å². The fraction of sp³-hybridized carbons (Fsp3) is 0.381. The van der Waals surface area contributed by atoms with Gasteiger partial charge in [0, 0.05) is 0 Å². The number of unbranched alkanes of at least 4 members (excludes halogenated alkanes) is 4. The largest absolute Gasteiger partial charge is 0.465 e. The summed E-state index contributed by atoms with van der Waals surface area (Å²) in [5.74, 6) is -0.269. The molecule has 2 aromatic carbocycles. The molecule has 0 fully saturated rings. The van der Waals surface area contributed by atoms with Crippen molar-refractivity contribution in [3.05, 3.63) is 71.3 Å². The van der Waals surface area contributed by atoms with Crippen LogP contribution in [-0.2, 0) is 17.6 Å². The van der Waals surface area contributed by atoms with E-state index in [0.717, 1.165) is 6.42 Å². The number of aryl methyl sites for hydroxylation is 2. The minimum Gasteiger partial charge on any atom is -0.465 e. The molecule has 0 aromatic heterocycles. The van der Waals surface area contributed by atoms with Crippen LogP contribution in [0.5, 0.6) is 0 Å². The Hall–Kier alpha value is -2.09. The maximum Gasteiger partial charge on any atom is 0.337 e. The van der Waals surface area contributed by atoms with Crippen molar-refractivity contribution in [1.29, 1.82) is 0 Å². The molecule has 0 radical (unpaired) electrons. The molecule has 0 saturated heterocycles. The summed E-state index contributed by atoms with van der Waals surface area (Å²) in [7, 11) is 1.41. The lowest BCUT2D eigenvalue weighted by Crippen LogP contribution is -2.00. The Morgan fingerprint density at radius 3 is 1.83 bits per heavy atom. The molecule has 2 rings (SSSR count). The highest BCUT2D eigenvalue weighted by Gasteiger charge is 2.04. The lowest BCUT2D eigenvalue weighted by atomic mass is 10.0. The molecule has 2 heteroatoms. The zero-order valence-corrected chi connectivity index (χ0v) is 14.0. The van der Waals surface area contributed by atoms with E-state index in [1.54, 1.807) is 0 Å². The summed E-state index contributed by atoms with van der Waals surface area (Å²) in [5, 5.41) is 0. The van der Waals surface area contributed by atoms with Gasteiger partial charge in [0.1, 0.15) is 0 Å². The second kappa shape index (κ2) is 9.83. The summed E-state index contributed by atoms with van der Waals surface area (Å²) in [6, 6.07) is 18.5. The van der Waals surface area contributed by atoms with Gasteiger partial charge in [-0.2, -0.15) is 0 Å². The van der Waals surface area contributed by atoms with Gasteiger partial charge < -0.3 is 4.74 Å². The number of ether oxygens (including phenoxy) is 1. The minimum absolute atomic E-state index is 0.269. The van der Waals surface area contributed by atoms with Crippen molar-refractivity contribution in [2.45, 2.75) is 44.9 Å². The molecule has 0 aliphatic rings. The molecule has 0 bridgehead atoms. The molecule has 0 saturated carbocycles. The maximum absolute atomic E-state index is 11.4. The summed E-state index contributed by atoms with van der Waals surface area (Å²) >= 11 is 0. The molecule has 2 aromatic rings. The molecule has 0 amide bonds. The van der Waals surface area contributed by atoms with Crippen LogP contribution in [0.15, 0.2) is 54.6 Å². The topological polar surface area (TPSA) is 26.3 Å². The van der Waals surface area contributed by atoms with E-state index in [2.05, 4.69) is 30.3 Å². The predicted octanol–water partition coefficient (Wildman–Crippen LogP) is 5.21. The van der Waals surface area contributed by atoms with Crippen molar-refractivity contribution < 1.29 is 9.53 Å². The molecule has 0 heterocycles. The van der Waals surface area contributed by atoms with Crippen molar-refractivity contribution in [2.75, 3.05) is 7.11 Å². The summed E-state index contributed by atoms with van der Waals surface area (Å²) in [5.41, 5.74) is 3.36. The molecule has 2 nitrogen and oxygen atoms in total. The van der Waals surface area contributed by atoms with Gasteiger partial charge in [-0.25, -0.2) is 4.79 Å². The van der Waals surface area contributed by atoms with Gasteiger partial charge in [-0.15, -0.1) is 0 Å². The van der Waals surface area contributed by atoms with Gasteiger partial charge in [0.05, 0.1) is 12.7 Å². The van der Waals surface area contributed by atoms with E-state index >= 15 is 0 Å². The third-order valence-electron chi connectivity index (χ3n) is 4.15. The summed E-state index contributed by atoms with van der Waals surface area (Å²) < 4.78 is 4.71. The third-order valence-corrected chi connectivity index (χ3v) is 4.15. The summed E-state index contributed by atoms with van der Waals surface area (Å²) in [6.07, 6.45) is 8.63. The first kappa shape index (κ1) is 17.3. The molecule has 0 aliphatic carbocycles. The molecule has 0 atom stereocenters. The lowest BCUT2D eigenvalue weighted by Gasteiger charge is -2.04. The second-order valence-corrected chi connectivity index (χ2v) is 5.94. The smallest absolute Gasteiger partial charge is 0.337 e.